The molecule has 0 atom stereocenters. The number of hydrogen-bond acceptors (Lipinski definition) is 1. The van der Waals surface area contributed by atoms with Crippen LogP contribution in [0.1, 0.15) is 13.8 Å². The molecule has 66 valence electrons. The third kappa shape index (κ3) is 5.59. The predicted octanol–water partition coefficient (Wildman–Crippen LogP) is 2.13. The van der Waals surface area contributed by atoms with Gasteiger partial charge >= 0.3 is 0 Å². The maximum Gasteiger partial charge on any atom is 0.272 e. The number of alkyl halides is 3. The van der Waals surface area contributed by atoms with E-state index in [1.165, 1.54) is 0 Å². The van der Waals surface area contributed by atoms with E-state index in [0.29, 0.717) is 12.5 Å². The Morgan fingerprint density at radius 3 is 2.18 bits per heavy atom. The van der Waals surface area contributed by atoms with Crippen LogP contribution in [0, 0.1) is 5.92 Å². The molecule has 0 saturated carbocycles. The van der Waals surface area contributed by atoms with Crippen LogP contribution in [0.25, 0.3) is 0 Å². The van der Waals surface area contributed by atoms with Crippen LogP contribution in [0.4, 0.5) is 0 Å². The number of halogens is 3. The summed E-state index contributed by atoms with van der Waals surface area (Å²) < 4.78 is -1.84. The van der Waals surface area contributed by atoms with Gasteiger partial charge in [0.25, 0.3) is 9.70 Å². The first-order valence-electron chi connectivity index (χ1n) is 3.19. The lowest BCUT2D eigenvalue weighted by Gasteiger charge is -2.12. The zero-order valence-corrected chi connectivity index (χ0v) is 8.59. The molecular weight excluding hydrogens is 208 g/mol. The van der Waals surface area contributed by atoms with Gasteiger partial charge in [-0.15, -0.1) is 0 Å². The Hall–Kier alpha value is 0.340. The molecule has 0 bridgehead atoms. The highest BCUT2D eigenvalue weighted by atomic mass is 35.6. The summed E-state index contributed by atoms with van der Waals surface area (Å²) >= 11 is 15.9. The van der Waals surface area contributed by atoms with E-state index in [0.717, 1.165) is 0 Å². The summed E-state index contributed by atoms with van der Waals surface area (Å²) in [6.07, 6.45) is 0. The zero-order chi connectivity index (χ0) is 9.07. The quantitative estimate of drug-likeness (QED) is 0.707. The highest BCUT2D eigenvalue weighted by molar-refractivity contribution is 6.76. The molecule has 0 unspecified atom stereocenters. The second-order valence-electron chi connectivity index (χ2n) is 2.60. The average Bonchev–Trinajstić information content (AvgIpc) is 1.80. The first-order valence-corrected chi connectivity index (χ1v) is 4.32. The lowest BCUT2D eigenvalue weighted by Crippen LogP contribution is -2.36. The first-order chi connectivity index (χ1) is 4.84. The number of carbonyl (C=O) groups is 1. The monoisotopic (exact) mass is 217 g/mol. The third-order valence-corrected chi connectivity index (χ3v) is 1.44. The second-order valence-corrected chi connectivity index (χ2v) is 4.88. The molecule has 0 aromatic carbocycles. The molecule has 0 aromatic rings. The van der Waals surface area contributed by atoms with Crippen molar-refractivity contribution in [1.82, 2.24) is 5.32 Å². The summed E-state index contributed by atoms with van der Waals surface area (Å²) in [5, 5.41) is 2.49. The van der Waals surface area contributed by atoms with Crippen LogP contribution < -0.4 is 5.32 Å². The molecule has 0 spiro atoms. The highest BCUT2D eigenvalue weighted by Crippen LogP contribution is 2.25. The molecule has 0 fully saturated rings. The van der Waals surface area contributed by atoms with Gasteiger partial charge in [-0.3, -0.25) is 4.79 Å². The van der Waals surface area contributed by atoms with Crippen LogP contribution in [0.5, 0.6) is 0 Å². The van der Waals surface area contributed by atoms with E-state index in [1.54, 1.807) is 0 Å². The average molecular weight is 219 g/mol. The molecule has 0 radical (unpaired) electrons. The summed E-state index contributed by atoms with van der Waals surface area (Å²) in [7, 11) is 0. The Morgan fingerprint density at radius 2 is 1.91 bits per heavy atom. The van der Waals surface area contributed by atoms with Crippen molar-refractivity contribution in [2.75, 3.05) is 6.54 Å². The van der Waals surface area contributed by atoms with Crippen LogP contribution in [0.3, 0.4) is 0 Å². The van der Waals surface area contributed by atoms with Crippen LogP contribution in [-0.2, 0) is 4.79 Å². The molecule has 1 amide bonds. The molecule has 0 rings (SSSR count). The molecule has 2 nitrogen and oxygen atoms in total. The van der Waals surface area contributed by atoms with E-state index in [9.17, 15) is 4.79 Å². The van der Waals surface area contributed by atoms with Gasteiger partial charge in [0.05, 0.1) is 0 Å². The fourth-order valence-corrected chi connectivity index (χ4v) is 0.597. The smallest absolute Gasteiger partial charge is 0.272 e. The molecule has 1 N–H and O–H groups in total. The molecule has 0 heterocycles. The molecule has 5 heteroatoms. The molecule has 0 saturated heterocycles. The maximum atomic E-state index is 10.9. The van der Waals surface area contributed by atoms with Crippen molar-refractivity contribution in [1.29, 1.82) is 0 Å². The van der Waals surface area contributed by atoms with Crippen LogP contribution >= 0.6 is 34.8 Å². The van der Waals surface area contributed by atoms with Gasteiger partial charge in [0.1, 0.15) is 0 Å². The molecular formula is C6H10Cl3NO. The molecule has 11 heavy (non-hydrogen) atoms. The number of nitrogens with one attached hydrogen (secondary N) is 1. The van der Waals surface area contributed by atoms with Crippen molar-refractivity contribution in [3.05, 3.63) is 0 Å². The minimum Gasteiger partial charge on any atom is -0.352 e. The van der Waals surface area contributed by atoms with Gasteiger partial charge in [-0.1, -0.05) is 48.7 Å². The summed E-state index contributed by atoms with van der Waals surface area (Å²) in [4.78, 5) is 10.9. The molecule has 0 aliphatic heterocycles. The third-order valence-electron chi connectivity index (χ3n) is 0.928. The van der Waals surface area contributed by atoms with E-state index in [4.69, 9.17) is 34.8 Å². The van der Waals surface area contributed by atoms with Crippen LogP contribution in [0.2, 0.25) is 0 Å². The second kappa shape index (κ2) is 4.39. The largest absolute Gasteiger partial charge is 0.352 e. The summed E-state index contributed by atoms with van der Waals surface area (Å²) in [5.74, 6) is -0.220. The Bertz CT molecular complexity index is 141. The fraction of sp³-hybridized carbons (Fsp3) is 0.833. The maximum absolute atomic E-state index is 10.9. The number of rotatable bonds is 2. The lowest BCUT2D eigenvalue weighted by molar-refractivity contribution is -0.120. The topological polar surface area (TPSA) is 29.1 Å². The summed E-state index contributed by atoms with van der Waals surface area (Å²) in [6.45, 7) is 4.43. The van der Waals surface area contributed by atoms with Gasteiger partial charge in [0, 0.05) is 6.54 Å². The van der Waals surface area contributed by atoms with Gasteiger partial charge < -0.3 is 5.32 Å². The number of amides is 1. The standard InChI is InChI=1S/C6H10Cl3NO/c1-4(2)3-10-5(11)6(7,8)9/h4H,3H2,1-2H3,(H,10,11). The Balaban J connectivity index is 3.71. The van der Waals surface area contributed by atoms with Crippen molar-refractivity contribution in [2.24, 2.45) is 5.92 Å². The van der Waals surface area contributed by atoms with Crippen molar-refractivity contribution < 1.29 is 4.79 Å². The van der Waals surface area contributed by atoms with Gasteiger partial charge in [-0.2, -0.15) is 0 Å². The van der Waals surface area contributed by atoms with Crippen molar-refractivity contribution in [3.8, 4) is 0 Å². The molecule has 0 aromatic heterocycles. The summed E-state index contributed by atoms with van der Waals surface area (Å²) in [6, 6.07) is 0. The van der Waals surface area contributed by atoms with Crippen molar-refractivity contribution >= 4 is 40.7 Å². The predicted molar refractivity (Wildman–Crippen MR) is 48.1 cm³/mol. The normalized spacial score (nSPS) is 11.8. The van der Waals surface area contributed by atoms with E-state index in [1.807, 2.05) is 13.8 Å². The number of hydrogen-bond donors (Lipinski definition) is 1. The van der Waals surface area contributed by atoms with Gasteiger partial charge in [-0.05, 0) is 5.92 Å². The van der Waals surface area contributed by atoms with Gasteiger partial charge in [0.15, 0.2) is 0 Å². The Labute approximate surface area is 81.2 Å². The van der Waals surface area contributed by atoms with E-state index < -0.39 is 9.70 Å². The minimum atomic E-state index is -1.84. The van der Waals surface area contributed by atoms with Crippen LogP contribution in [-0.4, -0.2) is 16.2 Å². The molecule has 0 aliphatic carbocycles. The Kier molecular flexibility index (Phi) is 4.52. The first kappa shape index (κ1) is 11.3. The van der Waals surface area contributed by atoms with E-state index in [-0.39, 0.29) is 0 Å². The highest BCUT2D eigenvalue weighted by Gasteiger charge is 2.29. The van der Waals surface area contributed by atoms with Crippen molar-refractivity contribution in [3.63, 3.8) is 0 Å². The Morgan fingerprint density at radius 1 is 1.45 bits per heavy atom. The number of carbonyl (C=O) groups excluding carboxylic acids is 1. The van der Waals surface area contributed by atoms with Gasteiger partial charge in [0.2, 0.25) is 0 Å². The lowest BCUT2D eigenvalue weighted by atomic mass is 10.2. The molecule has 0 aliphatic rings. The van der Waals surface area contributed by atoms with Crippen molar-refractivity contribution in [2.45, 2.75) is 17.6 Å². The van der Waals surface area contributed by atoms with E-state index in [2.05, 4.69) is 5.32 Å². The van der Waals surface area contributed by atoms with E-state index >= 15 is 0 Å². The van der Waals surface area contributed by atoms with Crippen LogP contribution in [0.15, 0.2) is 0 Å². The van der Waals surface area contributed by atoms with Gasteiger partial charge in [-0.25, -0.2) is 0 Å². The zero-order valence-electron chi connectivity index (χ0n) is 6.33. The SMILES string of the molecule is CC(C)CNC(=O)C(Cl)(Cl)Cl. The summed E-state index contributed by atoms with van der Waals surface area (Å²) in [5.41, 5.74) is 0. The fourth-order valence-electron chi connectivity index (χ4n) is 0.397. The minimum absolute atomic E-state index is 0.353.